The van der Waals surface area contributed by atoms with E-state index in [1.165, 1.54) is 11.6 Å². The first kappa shape index (κ1) is 23.1. The highest BCUT2D eigenvalue weighted by molar-refractivity contribution is 5.34. The lowest BCUT2D eigenvalue weighted by atomic mass is 9.69. The zero-order valence-corrected chi connectivity index (χ0v) is 18.5. The third kappa shape index (κ3) is 5.46. The maximum atomic E-state index is 14.7. The Morgan fingerprint density at radius 2 is 1.62 bits per heavy atom. The topological polar surface area (TPSA) is 27.0 Å². The fourth-order valence-corrected chi connectivity index (χ4v) is 4.33. The molecule has 156 valence electrons. The number of hydrogen-bond donors (Lipinski definition) is 0. The number of benzene rings is 2. The summed E-state index contributed by atoms with van der Waals surface area (Å²) in [6.45, 7) is 11.6. The van der Waals surface area contributed by atoms with Gasteiger partial charge in [0.25, 0.3) is 0 Å². The van der Waals surface area contributed by atoms with Crippen LogP contribution in [-0.2, 0) is 12.0 Å². The molecule has 2 aromatic rings. The van der Waals surface area contributed by atoms with E-state index in [0.29, 0.717) is 24.1 Å². The van der Waals surface area contributed by atoms with E-state index in [4.69, 9.17) is 0 Å². The maximum Gasteiger partial charge on any atom is 0.128 e. The third-order valence-electron chi connectivity index (χ3n) is 6.22. The van der Waals surface area contributed by atoms with Crippen molar-refractivity contribution in [3.05, 3.63) is 71.5 Å². The fourth-order valence-electron chi connectivity index (χ4n) is 4.33. The molecular formula is C26H35FN2. The van der Waals surface area contributed by atoms with Gasteiger partial charge < -0.3 is 0 Å². The van der Waals surface area contributed by atoms with E-state index in [0.717, 1.165) is 19.4 Å². The van der Waals surface area contributed by atoms with Crippen LogP contribution < -0.4 is 0 Å². The van der Waals surface area contributed by atoms with E-state index >= 15 is 0 Å². The standard InChI is InChI=1S/C26H35FN2/c1-6-23(29(21(4)5)18-22-12-8-7-9-13-22)16-17-26(19-28,20(2)3)24-14-10-11-15-25(24)27/h7-15,20-21,23H,6,16-18H2,1-5H3. The van der Waals surface area contributed by atoms with Gasteiger partial charge in [-0.2, -0.15) is 5.26 Å². The molecule has 0 radical (unpaired) electrons. The molecule has 0 bridgehead atoms. The molecule has 0 aliphatic carbocycles. The van der Waals surface area contributed by atoms with Crippen molar-refractivity contribution in [3.8, 4) is 6.07 Å². The summed E-state index contributed by atoms with van der Waals surface area (Å²) < 4.78 is 14.7. The molecule has 0 aromatic heterocycles. The minimum absolute atomic E-state index is 0.0310. The average Bonchev–Trinajstić information content (AvgIpc) is 2.71. The molecule has 0 N–H and O–H groups in total. The quantitative estimate of drug-likeness (QED) is 0.447. The number of hydrogen-bond acceptors (Lipinski definition) is 2. The Hall–Kier alpha value is -2.18. The highest BCUT2D eigenvalue weighted by atomic mass is 19.1. The van der Waals surface area contributed by atoms with Crippen molar-refractivity contribution in [2.75, 3.05) is 0 Å². The molecule has 0 aliphatic rings. The zero-order valence-electron chi connectivity index (χ0n) is 18.5. The molecule has 29 heavy (non-hydrogen) atoms. The van der Waals surface area contributed by atoms with Gasteiger partial charge in [0.2, 0.25) is 0 Å². The van der Waals surface area contributed by atoms with Gasteiger partial charge in [-0.15, -0.1) is 0 Å². The maximum absolute atomic E-state index is 14.7. The van der Waals surface area contributed by atoms with E-state index < -0.39 is 5.41 Å². The summed E-state index contributed by atoms with van der Waals surface area (Å²) in [5.41, 5.74) is 1.02. The Morgan fingerprint density at radius 3 is 2.14 bits per heavy atom. The molecule has 2 nitrogen and oxygen atoms in total. The normalized spacial score (nSPS) is 14.8. The van der Waals surface area contributed by atoms with Crippen LogP contribution in [-0.4, -0.2) is 17.0 Å². The number of nitriles is 1. The number of halogens is 1. The van der Waals surface area contributed by atoms with Gasteiger partial charge in [-0.05, 0) is 50.7 Å². The van der Waals surface area contributed by atoms with Crippen LogP contribution in [0.4, 0.5) is 4.39 Å². The van der Waals surface area contributed by atoms with Gasteiger partial charge in [0.15, 0.2) is 0 Å². The molecule has 0 fully saturated rings. The summed E-state index contributed by atoms with van der Waals surface area (Å²) in [5.74, 6) is -0.246. The summed E-state index contributed by atoms with van der Waals surface area (Å²) in [6, 6.07) is 20.5. The van der Waals surface area contributed by atoms with E-state index in [2.05, 4.69) is 56.0 Å². The van der Waals surface area contributed by atoms with Crippen LogP contribution in [0.3, 0.4) is 0 Å². The smallest absolute Gasteiger partial charge is 0.128 e. The highest BCUT2D eigenvalue weighted by Crippen LogP contribution is 2.39. The molecule has 0 aliphatic heterocycles. The first-order valence-electron chi connectivity index (χ1n) is 10.8. The Bertz CT molecular complexity index is 794. The third-order valence-corrected chi connectivity index (χ3v) is 6.22. The van der Waals surface area contributed by atoms with Crippen molar-refractivity contribution in [3.63, 3.8) is 0 Å². The lowest BCUT2D eigenvalue weighted by Crippen LogP contribution is -2.41. The van der Waals surface area contributed by atoms with E-state index in [9.17, 15) is 9.65 Å². The summed E-state index contributed by atoms with van der Waals surface area (Å²) in [5, 5.41) is 10.2. The molecule has 3 heteroatoms. The Labute approximate surface area is 176 Å². The molecule has 0 saturated heterocycles. The highest BCUT2D eigenvalue weighted by Gasteiger charge is 2.39. The predicted octanol–water partition coefficient (Wildman–Crippen LogP) is 6.71. The van der Waals surface area contributed by atoms with Gasteiger partial charge in [0.05, 0.1) is 11.5 Å². The van der Waals surface area contributed by atoms with Crippen molar-refractivity contribution < 1.29 is 4.39 Å². The zero-order chi connectivity index (χ0) is 21.4. The Morgan fingerprint density at radius 1 is 1.00 bits per heavy atom. The van der Waals surface area contributed by atoms with Crippen LogP contribution in [0.2, 0.25) is 0 Å². The van der Waals surface area contributed by atoms with Crippen molar-refractivity contribution >= 4 is 0 Å². The Kier molecular flexibility index (Phi) is 8.41. The van der Waals surface area contributed by atoms with Crippen molar-refractivity contribution in [1.29, 1.82) is 5.26 Å². The predicted molar refractivity (Wildman–Crippen MR) is 119 cm³/mol. The van der Waals surface area contributed by atoms with Crippen molar-refractivity contribution in [2.24, 2.45) is 5.92 Å². The molecule has 0 heterocycles. The second-order valence-electron chi connectivity index (χ2n) is 8.57. The van der Waals surface area contributed by atoms with Crippen LogP contribution in [0.5, 0.6) is 0 Å². The average molecular weight is 395 g/mol. The minimum Gasteiger partial charge on any atom is -0.294 e. The lowest BCUT2D eigenvalue weighted by molar-refractivity contribution is 0.123. The van der Waals surface area contributed by atoms with Gasteiger partial charge in [0, 0.05) is 24.2 Å². The Balaban J connectivity index is 2.27. The lowest BCUT2D eigenvalue weighted by Gasteiger charge is -2.38. The second-order valence-corrected chi connectivity index (χ2v) is 8.57. The molecule has 2 atom stereocenters. The summed E-state index contributed by atoms with van der Waals surface area (Å²) in [7, 11) is 0. The molecule has 2 aromatic carbocycles. The molecule has 0 saturated carbocycles. The van der Waals surface area contributed by atoms with Gasteiger partial charge in [-0.1, -0.05) is 69.3 Å². The van der Waals surface area contributed by atoms with Crippen molar-refractivity contribution in [1.82, 2.24) is 4.90 Å². The van der Waals surface area contributed by atoms with Crippen LogP contribution >= 0.6 is 0 Å². The van der Waals surface area contributed by atoms with Gasteiger partial charge in [-0.3, -0.25) is 4.90 Å². The number of rotatable bonds is 10. The summed E-state index contributed by atoms with van der Waals surface area (Å²) >= 11 is 0. The molecule has 2 rings (SSSR count). The molecule has 0 spiro atoms. The second kappa shape index (κ2) is 10.6. The van der Waals surface area contributed by atoms with Gasteiger partial charge in [-0.25, -0.2) is 4.39 Å². The van der Waals surface area contributed by atoms with Gasteiger partial charge >= 0.3 is 0 Å². The largest absolute Gasteiger partial charge is 0.294 e. The first-order valence-corrected chi connectivity index (χ1v) is 10.8. The minimum atomic E-state index is -0.811. The molecule has 2 unspecified atom stereocenters. The first-order chi connectivity index (χ1) is 13.9. The molecule has 0 amide bonds. The van der Waals surface area contributed by atoms with E-state index in [-0.39, 0.29) is 11.7 Å². The summed E-state index contributed by atoms with van der Waals surface area (Å²) in [4.78, 5) is 2.51. The van der Waals surface area contributed by atoms with Crippen LogP contribution in [0, 0.1) is 23.1 Å². The molecular weight excluding hydrogens is 359 g/mol. The summed E-state index contributed by atoms with van der Waals surface area (Å²) in [6.07, 6.45) is 2.52. The van der Waals surface area contributed by atoms with Crippen LogP contribution in [0.25, 0.3) is 0 Å². The van der Waals surface area contributed by atoms with Crippen molar-refractivity contribution in [2.45, 2.75) is 77.9 Å². The van der Waals surface area contributed by atoms with Crippen LogP contribution in [0.15, 0.2) is 54.6 Å². The van der Waals surface area contributed by atoms with E-state index in [1.807, 2.05) is 26.0 Å². The SMILES string of the molecule is CCC(CCC(C#N)(c1ccccc1F)C(C)C)N(Cc1ccccc1)C(C)C. The van der Waals surface area contributed by atoms with Crippen LogP contribution in [0.1, 0.15) is 65.0 Å². The monoisotopic (exact) mass is 394 g/mol. The number of nitrogens with zero attached hydrogens (tertiary/aromatic N) is 2. The van der Waals surface area contributed by atoms with Gasteiger partial charge in [0.1, 0.15) is 5.82 Å². The van der Waals surface area contributed by atoms with E-state index in [1.54, 1.807) is 12.1 Å². The fraction of sp³-hybridized carbons (Fsp3) is 0.500.